The Morgan fingerprint density at radius 2 is 2.00 bits per heavy atom. The monoisotopic (exact) mass is 221 g/mol. The van der Waals surface area contributed by atoms with E-state index in [0.29, 0.717) is 11.3 Å². The Morgan fingerprint density at radius 3 is 2.38 bits per heavy atom. The fraction of sp³-hybridized carbons (Fsp3) is 0.273. The highest BCUT2D eigenvalue weighted by Crippen LogP contribution is 2.14. The van der Waals surface area contributed by atoms with Crippen molar-refractivity contribution in [1.82, 2.24) is 0 Å². The number of hydrogen-bond acceptors (Lipinski definition) is 4. The zero-order chi connectivity index (χ0) is 12.1. The molecule has 16 heavy (non-hydrogen) atoms. The molecule has 0 fully saturated rings. The van der Waals surface area contributed by atoms with Crippen LogP contribution >= 0.6 is 0 Å². The number of aliphatic carboxylic acids is 1. The first-order valence-electron chi connectivity index (χ1n) is 4.62. The van der Waals surface area contributed by atoms with Crippen molar-refractivity contribution >= 4 is 5.97 Å². The average Bonchev–Trinajstić information content (AvgIpc) is 2.25. The van der Waals surface area contributed by atoms with Crippen molar-refractivity contribution in [3.8, 4) is 11.8 Å². The number of aliphatic hydroxyl groups is 1. The van der Waals surface area contributed by atoms with Gasteiger partial charge in [-0.15, -0.1) is 0 Å². The number of aliphatic hydroxyl groups excluding tert-OH is 1. The average molecular weight is 221 g/mol. The molecule has 84 valence electrons. The van der Waals surface area contributed by atoms with Gasteiger partial charge in [0.05, 0.1) is 17.7 Å². The highest BCUT2D eigenvalue weighted by atomic mass is 16.5. The van der Waals surface area contributed by atoms with E-state index in [4.69, 9.17) is 15.1 Å². The van der Waals surface area contributed by atoms with Crippen LogP contribution in [0.3, 0.4) is 0 Å². The van der Waals surface area contributed by atoms with E-state index in [0.717, 1.165) is 0 Å². The van der Waals surface area contributed by atoms with Crippen LogP contribution in [0, 0.1) is 11.3 Å². The molecule has 0 amide bonds. The Balaban J connectivity index is 2.78. The molecule has 0 aliphatic heterocycles. The lowest BCUT2D eigenvalue weighted by atomic mass is 10.2. The van der Waals surface area contributed by atoms with Crippen LogP contribution in [0.1, 0.15) is 12.5 Å². The van der Waals surface area contributed by atoms with Gasteiger partial charge in [-0.05, 0) is 31.2 Å². The number of carboxylic acid groups (broad SMARTS) is 1. The maximum absolute atomic E-state index is 10.7. The molecule has 2 N–H and O–H groups in total. The van der Waals surface area contributed by atoms with Gasteiger partial charge in [-0.2, -0.15) is 5.26 Å². The Labute approximate surface area is 92.5 Å². The zero-order valence-electron chi connectivity index (χ0n) is 8.62. The van der Waals surface area contributed by atoms with Gasteiger partial charge in [-0.1, -0.05) is 0 Å². The molecule has 0 radical (unpaired) electrons. The van der Waals surface area contributed by atoms with Gasteiger partial charge in [0.1, 0.15) is 5.75 Å². The summed E-state index contributed by atoms with van der Waals surface area (Å²) in [6, 6.07) is 7.92. The molecule has 1 aromatic rings. The number of nitrogens with zero attached hydrogens (tertiary/aromatic N) is 1. The molecule has 2 atom stereocenters. The SMILES string of the molecule is CC(O)[C@@H](Oc1ccc(C#N)cc1)C(=O)O. The van der Waals surface area contributed by atoms with Gasteiger partial charge in [-0.3, -0.25) is 0 Å². The first-order chi connectivity index (χ1) is 7.54. The minimum absolute atomic E-state index is 0.298. The predicted molar refractivity (Wildman–Crippen MR) is 54.9 cm³/mol. The van der Waals surface area contributed by atoms with E-state index >= 15 is 0 Å². The molecule has 1 rings (SSSR count). The molecule has 0 saturated carbocycles. The van der Waals surface area contributed by atoms with E-state index in [1.54, 1.807) is 0 Å². The van der Waals surface area contributed by atoms with Crippen LogP contribution in [0.2, 0.25) is 0 Å². The van der Waals surface area contributed by atoms with Gasteiger partial charge < -0.3 is 14.9 Å². The topological polar surface area (TPSA) is 90.5 Å². The smallest absolute Gasteiger partial charge is 0.347 e. The number of carbonyl (C=O) groups is 1. The number of rotatable bonds is 4. The van der Waals surface area contributed by atoms with E-state index in [1.807, 2.05) is 6.07 Å². The number of hydrogen-bond donors (Lipinski definition) is 2. The molecule has 0 aliphatic rings. The van der Waals surface area contributed by atoms with Crippen molar-refractivity contribution in [1.29, 1.82) is 5.26 Å². The van der Waals surface area contributed by atoms with Crippen LogP contribution in [0.15, 0.2) is 24.3 Å². The second kappa shape index (κ2) is 5.14. The van der Waals surface area contributed by atoms with Crippen molar-refractivity contribution in [2.45, 2.75) is 19.1 Å². The Bertz CT molecular complexity index is 405. The van der Waals surface area contributed by atoms with Gasteiger partial charge in [0.2, 0.25) is 6.10 Å². The summed E-state index contributed by atoms with van der Waals surface area (Å²) in [5.74, 6) is -0.938. The third kappa shape index (κ3) is 2.97. The molecular formula is C11H11NO4. The first-order valence-corrected chi connectivity index (χ1v) is 4.62. The Kier molecular flexibility index (Phi) is 3.86. The quantitative estimate of drug-likeness (QED) is 0.783. The van der Waals surface area contributed by atoms with Crippen molar-refractivity contribution in [2.24, 2.45) is 0 Å². The second-order valence-corrected chi connectivity index (χ2v) is 3.25. The lowest BCUT2D eigenvalue weighted by molar-refractivity contribution is -0.149. The molecule has 1 aromatic carbocycles. The summed E-state index contributed by atoms with van der Waals surface area (Å²) in [6.07, 6.45) is -2.43. The standard InChI is InChI=1S/C11H11NO4/c1-7(13)10(11(14)15)16-9-4-2-8(6-12)3-5-9/h2-5,7,10,13H,1H3,(H,14,15)/t7?,10-/m1/s1. The molecule has 0 heterocycles. The highest BCUT2D eigenvalue weighted by molar-refractivity contribution is 5.73. The van der Waals surface area contributed by atoms with Gasteiger partial charge >= 0.3 is 5.97 Å². The number of benzene rings is 1. The van der Waals surface area contributed by atoms with E-state index < -0.39 is 18.2 Å². The molecular weight excluding hydrogens is 210 g/mol. The van der Waals surface area contributed by atoms with Crippen molar-refractivity contribution in [3.05, 3.63) is 29.8 Å². The van der Waals surface area contributed by atoms with Gasteiger partial charge in [0.15, 0.2) is 0 Å². The van der Waals surface area contributed by atoms with Crippen LogP contribution in [0.5, 0.6) is 5.75 Å². The van der Waals surface area contributed by atoms with Crippen molar-refractivity contribution in [3.63, 3.8) is 0 Å². The van der Waals surface area contributed by atoms with Crippen LogP contribution in [0.25, 0.3) is 0 Å². The maximum atomic E-state index is 10.7. The lowest BCUT2D eigenvalue weighted by Gasteiger charge is -2.17. The number of ether oxygens (including phenoxy) is 1. The summed E-state index contributed by atoms with van der Waals surface area (Å²) in [7, 11) is 0. The summed E-state index contributed by atoms with van der Waals surface area (Å²) >= 11 is 0. The molecule has 5 heteroatoms. The summed E-state index contributed by atoms with van der Waals surface area (Å²) in [5.41, 5.74) is 0.455. The van der Waals surface area contributed by atoms with Crippen molar-refractivity contribution in [2.75, 3.05) is 0 Å². The summed E-state index contributed by atoms with van der Waals surface area (Å²) in [5, 5.41) is 26.5. The molecule has 0 spiro atoms. The normalized spacial score (nSPS) is 13.6. The molecule has 1 unspecified atom stereocenters. The molecule has 0 aliphatic carbocycles. The summed E-state index contributed by atoms with van der Waals surface area (Å²) < 4.78 is 5.08. The number of carboxylic acids is 1. The fourth-order valence-corrected chi connectivity index (χ4v) is 1.11. The maximum Gasteiger partial charge on any atom is 0.347 e. The highest BCUT2D eigenvalue weighted by Gasteiger charge is 2.24. The third-order valence-electron chi connectivity index (χ3n) is 1.93. The minimum Gasteiger partial charge on any atom is -0.478 e. The van der Waals surface area contributed by atoms with Crippen LogP contribution in [-0.4, -0.2) is 28.4 Å². The van der Waals surface area contributed by atoms with Gasteiger partial charge in [0.25, 0.3) is 0 Å². The van der Waals surface area contributed by atoms with Crippen LogP contribution in [0.4, 0.5) is 0 Å². The fourth-order valence-electron chi connectivity index (χ4n) is 1.11. The van der Waals surface area contributed by atoms with Crippen molar-refractivity contribution < 1.29 is 19.7 Å². The molecule has 0 saturated heterocycles. The second-order valence-electron chi connectivity index (χ2n) is 3.25. The van der Waals surface area contributed by atoms with Crippen LogP contribution in [-0.2, 0) is 4.79 Å². The summed E-state index contributed by atoms with van der Waals surface area (Å²) in [6.45, 7) is 1.34. The Hall–Kier alpha value is -2.06. The summed E-state index contributed by atoms with van der Waals surface area (Å²) in [4.78, 5) is 10.7. The van der Waals surface area contributed by atoms with E-state index in [1.165, 1.54) is 31.2 Å². The third-order valence-corrected chi connectivity index (χ3v) is 1.93. The van der Waals surface area contributed by atoms with E-state index in [2.05, 4.69) is 0 Å². The minimum atomic E-state index is -1.31. The Morgan fingerprint density at radius 1 is 1.44 bits per heavy atom. The van der Waals surface area contributed by atoms with E-state index in [-0.39, 0.29) is 0 Å². The van der Waals surface area contributed by atoms with Crippen LogP contribution < -0.4 is 4.74 Å². The van der Waals surface area contributed by atoms with Gasteiger partial charge in [0, 0.05) is 0 Å². The predicted octanol–water partition coefficient (Wildman–Crippen LogP) is 0.771. The molecule has 0 aromatic heterocycles. The zero-order valence-corrected chi connectivity index (χ0v) is 8.62. The number of nitriles is 1. The molecule has 0 bridgehead atoms. The van der Waals surface area contributed by atoms with E-state index in [9.17, 15) is 9.90 Å². The van der Waals surface area contributed by atoms with Gasteiger partial charge in [-0.25, -0.2) is 4.79 Å². The largest absolute Gasteiger partial charge is 0.478 e. The first kappa shape index (κ1) is 12.0. The molecule has 5 nitrogen and oxygen atoms in total. The lowest BCUT2D eigenvalue weighted by Crippen LogP contribution is -2.37.